The SMILES string of the molecule is COc1ccc(CCNC(C)CCCO)cc1. The maximum Gasteiger partial charge on any atom is 0.118 e. The van der Waals surface area contributed by atoms with E-state index in [1.807, 2.05) is 12.1 Å². The molecule has 1 aromatic carbocycles. The number of aliphatic hydroxyl groups excluding tert-OH is 1. The first-order valence-corrected chi connectivity index (χ1v) is 6.23. The van der Waals surface area contributed by atoms with Gasteiger partial charge in [0, 0.05) is 12.6 Å². The first-order valence-electron chi connectivity index (χ1n) is 6.23. The molecule has 0 bridgehead atoms. The van der Waals surface area contributed by atoms with Gasteiger partial charge in [0.25, 0.3) is 0 Å². The third-order valence-electron chi connectivity index (χ3n) is 2.86. The molecule has 3 nitrogen and oxygen atoms in total. The fourth-order valence-electron chi connectivity index (χ4n) is 1.75. The predicted octanol–water partition coefficient (Wildman–Crippen LogP) is 1.99. The van der Waals surface area contributed by atoms with Gasteiger partial charge in [0.15, 0.2) is 0 Å². The summed E-state index contributed by atoms with van der Waals surface area (Å²) in [5.74, 6) is 0.901. The van der Waals surface area contributed by atoms with Crippen LogP contribution in [0.3, 0.4) is 0 Å². The van der Waals surface area contributed by atoms with Gasteiger partial charge in [-0.25, -0.2) is 0 Å². The Balaban J connectivity index is 2.21. The molecule has 17 heavy (non-hydrogen) atoms. The number of hydrogen-bond acceptors (Lipinski definition) is 3. The highest BCUT2D eigenvalue weighted by molar-refractivity contribution is 5.27. The minimum Gasteiger partial charge on any atom is -0.497 e. The molecule has 0 aliphatic rings. The average molecular weight is 237 g/mol. The summed E-state index contributed by atoms with van der Waals surface area (Å²) >= 11 is 0. The predicted molar refractivity (Wildman–Crippen MR) is 70.5 cm³/mol. The second-order valence-corrected chi connectivity index (χ2v) is 4.32. The number of benzene rings is 1. The molecule has 0 aliphatic carbocycles. The Bertz CT molecular complexity index is 298. The fraction of sp³-hybridized carbons (Fsp3) is 0.571. The largest absolute Gasteiger partial charge is 0.497 e. The van der Waals surface area contributed by atoms with Gasteiger partial charge in [0.05, 0.1) is 7.11 Å². The average Bonchev–Trinajstić information content (AvgIpc) is 2.37. The normalized spacial score (nSPS) is 12.4. The monoisotopic (exact) mass is 237 g/mol. The molecule has 1 aromatic rings. The lowest BCUT2D eigenvalue weighted by atomic mass is 10.1. The van der Waals surface area contributed by atoms with Crippen molar-refractivity contribution in [2.24, 2.45) is 0 Å². The van der Waals surface area contributed by atoms with Crippen molar-refractivity contribution in [2.45, 2.75) is 32.2 Å². The van der Waals surface area contributed by atoms with Crippen LogP contribution >= 0.6 is 0 Å². The van der Waals surface area contributed by atoms with E-state index in [9.17, 15) is 0 Å². The third-order valence-corrected chi connectivity index (χ3v) is 2.86. The van der Waals surface area contributed by atoms with Crippen LogP contribution in [0.4, 0.5) is 0 Å². The zero-order valence-electron chi connectivity index (χ0n) is 10.8. The van der Waals surface area contributed by atoms with E-state index in [2.05, 4.69) is 24.4 Å². The van der Waals surface area contributed by atoms with E-state index in [-0.39, 0.29) is 6.61 Å². The molecule has 1 unspecified atom stereocenters. The van der Waals surface area contributed by atoms with E-state index in [4.69, 9.17) is 9.84 Å². The third kappa shape index (κ3) is 5.71. The van der Waals surface area contributed by atoms with Crippen LogP contribution in [-0.4, -0.2) is 31.4 Å². The number of aliphatic hydroxyl groups is 1. The maximum absolute atomic E-state index is 8.73. The minimum absolute atomic E-state index is 0.282. The Hall–Kier alpha value is -1.06. The molecular formula is C14H23NO2. The van der Waals surface area contributed by atoms with Crippen LogP contribution in [0.2, 0.25) is 0 Å². The standard InChI is InChI=1S/C14H23NO2/c1-12(4-3-11-16)15-10-9-13-5-7-14(17-2)8-6-13/h5-8,12,15-16H,3-4,9-11H2,1-2H3. The number of rotatable bonds is 8. The molecule has 0 heterocycles. The van der Waals surface area contributed by atoms with Crippen LogP contribution in [-0.2, 0) is 6.42 Å². The highest BCUT2D eigenvalue weighted by atomic mass is 16.5. The van der Waals surface area contributed by atoms with E-state index >= 15 is 0 Å². The van der Waals surface area contributed by atoms with Crippen molar-refractivity contribution in [3.63, 3.8) is 0 Å². The van der Waals surface area contributed by atoms with Crippen LogP contribution in [0.25, 0.3) is 0 Å². The minimum atomic E-state index is 0.282. The Labute approximate surface area is 104 Å². The van der Waals surface area contributed by atoms with Gasteiger partial charge in [-0.05, 0) is 50.4 Å². The van der Waals surface area contributed by atoms with Crippen LogP contribution < -0.4 is 10.1 Å². The second kappa shape index (κ2) is 8.09. The summed E-state index contributed by atoms with van der Waals surface area (Å²) in [7, 11) is 1.68. The molecule has 0 saturated heterocycles. The summed E-state index contributed by atoms with van der Waals surface area (Å²) in [5.41, 5.74) is 1.31. The molecular weight excluding hydrogens is 214 g/mol. The molecule has 96 valence electrons. The van der Waals surface area contributed by atoms with Gasteiger partial charge in [-0.2, -0.15) is 0 Å². The summed E-state index contributed by atoms with van der Waals surface area (Å²) in [6.45, 7) is 3.41. The number of methoxy groups -OCH3 is 1. The molecule has 1 atom stereocenters. The van der Waals surface area contributed by atoms with Crippen LogP contribution in [0.5, 0.6) is 5.75 Å². The zero-order valence-corrected chi connectivity index (χ0v) is 10.8. The molecule has 3 heteroatoms. The van der Waals surface area contributed by atoms with Crippen molar-refractivity contribution in [3.05, 3.63) is 29.8 Å². The number of ether oxygens (including phenoxy) is 1. The lowest BCUT2D eigenvalue weighted by Crippen LogP contribution is -2.28. The van der Waals surface area contributed by atoms with E-state index in [1.165, 1.54) is 5.56 Å². The summed E-state index contributed by atoms with van der Waals surface area (Å²) in [4.78, 5) is 0. The Morgan fingerprint density at radius 3 is 2.59 bits per heavy atom. The Morgan fingerprint density at radius 2 is 2.00 bits per heavy atom. The van der Waals surface area contributed by atoms with E-state index < -0.39 is 0 Å². The Kier molecular flexibility index (Phi) is 6.67. The highest BCUT2D eigenvalue weighted by Crippen LogP contribution is 2.11. The van der Waals surface area contributed by atoms with Gasteiger partial charge < -0.3 is 15.2 Å². The van der Waals surface area contributed by atoms with Crippen molar-refractivity contribution in [3.8, 4) is 5.75 Å². The van der Waals surface area contributed by atoms with E-state index in [0.29, 0.717) is 6.04 Å². The van der Waals surface area contributed by atoms with E-state index in [0.717, 1.165) is 31.6 Å². The van der Waals surface area contributed by atoms with E-state index in [1.54, 1.807) is 7.11 Å². The van der Waals surface area contributed by atoms with Crippen molar-refractivity contribution < 1.29 is 9.84 Å². The van der Waals surface area contributed by atoms with Gasteiger partial charge in [-0.15, -0.1) is 0 Å². The zero-order chi connectivity index (χ0) is 12.5. The molecule has 0 aliphatic heterocycles. The van der Waals surface area contributed by atoms with Crippen LogP contribution in [0.15, 0.2) is 24.3 Å². The summed E-state index contributed by atoms with van der Waals surface area (Å²) in [5, 5.41) is 12.2. The molecule has 1 rings (SSSR count). The first-order chi connectivity index (χ1) is 8.26. The fourth-order valence-corrected chi connectivity index (χ4v) is 1.75. The molecule has 0 spiro atoms. The quantitative estimate of drug-likeness (QED) is 0.726. The topological polar surface area (TPSA) is 41.5 Å². The molecule has 0 radical (unpaired) electrons. The van der Waals surface area contributed by atoms with Crippen LogP contribution in [0, 0.1) is 0 Å². The Morgan fingerprint density at radius 1 is 1.29 bits per heavy atom. The van der Waals surface area contributed by atoms with Gasteiger partial charge in [-0.1, -0.05) is 12.1 Å². The van der Waals surface area contributed by atoms with Gasteiger partial charge in [-0.3, -0.25) is 0 Å². The molecule has 0 fully saturated rings. The van der Waals surface area contributed by atoms with Crippen molar-refractivity contribution in [1.29, 1.82) is 0 Å². The lowest BCUT2D eigenvalue weighted by Gasteiger charge is -2.13. The smallest absolute Gasteiger partial charge is 0.118 e. The van der Waals surface area contributed by atoms with Crippen molar-refractivity contribution >= 4 is 0 Å². The van der Waals surface area contributed by atoms with Gasteiger partial charge in [0.2, 0.25) is 0 Å². The second-order valence-electron chi connectivity index (χ2n) is 4.32. The molecule has 0 saturated carbocycles. The molecule has 2 N–H and O–H groups in total. The maximum atomic E-state index is 8.73. The van der Waals surface area contributed by atoms with Crippen LogP contribution in [0.1, 0.15) is 25.3 Å². The van der Waals surface area contributed by atoms with Gasteiger partial charge in [0.1, 0.15) is 5.75 Å². The van der Waals surface area contributed by atoms with Crippen molar-refractivity contribution in [1.82, 2.24) is 5.32 Å². The highest BCUT2D eigenvalue weighted by Gasteiger charge is 2.00. The first kappa shape index (κ1) is 14.0. The van der Waals surface area contributed by atoms with Gasteiger partial charge >= 0.3 is 0 Å². The van der Waals surface area contributed by atoms with Crippen molar-refractivity contribution in [2.75, 3.05) is 20.3 Å². The summed E-state index contributed by atoms with van der Waals surface area (Å²) in [6.07, 6.45) is 2.92. The molecule has 0 aromatic heterocycles. The summed E-state index contributed by atoms with van der Waals surface area (Å²) < 4.78 is 5.12. The number of nitrogens with one attached hydrogen (secondary N) is 1. The molecule has 0 amide bonds. The lowest BCUT2D eigenvalue weighted by molar-refractivity contribution is 0.276. The summed E-state index contributed by atoms with van der Waals surface area (Å²) in [6, 6.07) is 8.65. The number of hydrogen-bond donors (Lipinski definition) is 2.